The molecule has 1 aliphatic carbocycles. The van der Waals surface area contributed by atoms with Gasteiger partial charge in [-0.1, -0.05) is 13.8 Å². The smallest absolute Gasteiger partial charge is 0.0236 e. The van der Waals surface area contributed by atoms with E-state index < -0.39 is 0 Å². The zero-order chi connectivity index (χ0) is 11.8. The van der Waals surface area contributed by atoms with Crippen LogP contribution in [0.15, 0.2) is 0 Å². The van der Waals surface area contributed by atoms with Crippen molar-refractivity contribution in [3.8, 4) is 0 Å². The molecule has 3 aliphatic rings. The summed E-state index contributed by atoms with van der Waals surface area (Å²) in [5, 5.41) is 3.66. The van der Waals surface area contributed by atoms with Crippen molar-refractivity contribution in [3.05, 3.63) is 0 Å². The van der Waals surface area contributed by atoms with Crippen LogP contribution in [0.2, 0.25) is 0 Å². The molecule has 1 saturated carbocycles. The number of hydrogen-bond acceptors (Lipinski definition) is 3. The van der Waals surface area contributed by atoms with E-state index >= 15 is 0 Å². The van der Waals surface area contributed by atoms with Crippen LogP contribution in [0.3, 0.4) is 0 Å². The monoisotopic (exact) mass is 237 g/mol. The highest BCUT2D eigenvalue weighted by Gasteiger charge is 2.37. The van der Waals surface area contributed by atoms with Gasteiger partial charge in [0.15, 0.2) is 0 Å². The average Bonchev–Trinajstić information content (AvgIpc) is 3.07. The third kappa shape index (κ3) is 2.67. The second kappa shape index (κ2) is 4.87. The summed E-state index contributed by atoms with van der Waals surface area (Å²) in [7, 11) is 0. The molecule has 3 heteroatoms. The Bertz CT molecular complexity index is 262. The Morgan fingerprint density at radius 1 is 0.941 bits per heavy atom. The first kappa shape index (κ1) is 11.9. The molecule has 17 heavy (non-hydrogen) atoms. The van der Waals surface area contributed by atoms with Crippen LogP contribution >= 0.6 is 0 Å². The summed E-state index contributed by atoms with van der Waals surface area (Å²) in [5.74, 6) is 0.763. The van der Waals surface area contributed by atoms with Gasteiger partial charge in [0.2, 0.25) is 0 Å². The van der Waals surface area contributed by atoms with E-state index in [0.717, 1.165) is 18.0 Å². The summed E-state index contributed by atoms with van der Waals surface area (Å²) in [6, 6.07) is 2.52. The van der Waals surface area contributed by atoms with E-state index in [1.54, 1.807) is 0 Å². The number of rotatable bonds is 3. The molecule has 0 spiro atoms. The van der Waals surface area contributed by atoms with E-state index in [4.69, 9.17) is 0 Å². The van der Waals surface area contributed by atoms with E-state index in [1.165, 1.54) is 52.0 Å². The van der Waals surface area contributed by atoms with Gasteiger partial charge >= 0.3 is 0 Å². The maximum Gasteiger partial charge on any atom is 0.0236 e. The Morgan fingerprint density at radius 2 is 1.71 bits per heavy atom. The SMILES string of the molecule is CC(C)C1CN(C2CCN(C3CC3)C2)CCN1. The van der Waals surface area contributed by atoms with Crippen molar-refractivity contribution < 1.29 is 0 Å². The van der Waals surface area contributed by atoms with Crippen LogP contribution in [0, 0.1) is 5.92 Å². The van der Waals surface area contributed by atoms with Crippen LogP contribution in [0.1, 0.15) is 33.1 Å². The number of piperazine rings is 1. The molecular weight excluding hydrogens is 210 g/mol. The van der Waals surface area contributed by atoms with E-state index in [2.05, 4.69) is 29.0 Å². The number of nitrogens with one attached hydrogen (secondary N) is 1. The van der Waals surface area contributed by atoms with Crippen LogP contribution in [0.25, 0.3) is 0 Å². The van der Waals surface area contributed by atoms with Crippen molar-refractivity contribution in [1.29, 1.82) is 0 Å². The largest absolute Gasteiger partial charge is 0.311 e. The molecule has 2 heterocycles. The Balaban J connectivity index is 1.53. The lowest BCUT2D eigenvalue weighted by Crippen LogP contribution is -2.56. The molecule has 0 aromatic heterocycles. The van der Waals surface area contributed by atoms with Gasteiger partial charge in [-0.2, -0.15) is 0 Å². The molecule has 0 radical (unpaired) electrons. The fraction of sp³-hybridized carbons (Fsp3) is 1.00. The lowest BCUT2D eigenvalue weighted by atomic mass is 10.0. The molecule has 2 saturated heterocycles. The second-order valence-corrected chi connectivity index (χ2v) is 6.47. The number of nitrogens with zero attached hydrogens (tertiary/aromatic N) is 2. The zero-order valence-corrected chi connectivity index (χ0v) is 11.4. The minimum atomic E-state index is 0.707. The highest BCUT2D eigenvalue weighted by Crippen LogP contribution is 2.31. The van der Waals surface area contributed by atoms with Gasteiger partial charge in [0, 0.05) is 50.8 Å². The Hall–Kier alpha value is -0.120. The van der Waals surface area contributed by atoms with Gasteiger partial charge in [0.1, 0.15) is 0 Å². The molecule has 0 aromatic carbocycles. The Morgan fingerprint density at radius 3 is 2.41 bits per heavy atom. The molecule has 2 unspecified atom stereocenters. The Kier molecular flexibility index (Phi) is 3.42. The summed E-state index contributed by atoms with van der Waals surface area (Å²) in [5.41, 5.74) is 0. The first-order valence-corrected chi connectivity index (χ1v) is 7.45. The Labute approximate surface area is 106 Å². The van der Waals surface area contributed by atoms with Crippen molar-refractivity contribution in [1.82, 2.24) is 15.1 Å². The molecule has 3 fully saturated rings. The van der Waals surface area contributed by atoms with Gasteiger partial charge in [-0.15, -0.1) is 0 Å². The lowest BCUT2D eigenvalue weighted by Gasteiger charge is -2.39. The van der Waals surface area contributed by atoms with Gasteiger partial charge in [-0.05, 0) is 25.2 Å². The fourth-order valence-electron chi connectivity index (χ4n) is 3.42. The highest BCUT2D eigenvalue weighted by molar-refractivity contribution is 4.94. The van der Waals surface area contributed by atoms with E-state index in [9.17, 15) is 0 Å². The van der Waals surface area contributed by atoms with E-state index in [1.807, 2.05) is 0 Å². The first-order valence-electron chi connectivity index (χ1n) is 7.45. The number of hydrogen-bond donors (Lipinski definition) is 1. The van der Waals surface area contributed by atoms with Gasteiger partial charge in [-0.3, -0.25) is 9.80 Å². The molecule has 3 rings (SSSR count). The molecule has 2 atom stereocenters. The summed E-state index contributed by atoms with van der Waals surface area (Å²) in [6.45, 7) is 11.1. The molecule has 0 amide bonds. The maximum absolute atomic E-state index is 3.66. The first-order chi connectivity index (χ1) is 8.24. The van der Waals surface area contributed by atoms with Crippen LogP contribution in [-0.4, -0.2) is 60.6 Å². The second-order valence-electron chi connectivity index (χ2n) is 6.47. The minimum Gasteiger partial charge on any atom is -0.311 e. The van der Waals surface area contributed by atoms with Crippen LogP contribution in [-0.2, 0) is 0 Å². The molecule has 1 N–H and O–H groups in total. The summed E-state index contributed by atoms with van der Waals surface area (Å²) in [6.07, 6.45) is 4.33. The molecule has 3 nitrogen and oxygen atoms in total. The maximum atomic E-state index is 3.66. The quantitative estimate of drug-likeness (QED) is 0.794. The molecule has 0 aromatic rings. The predicted octanol–water partition coefficient (Wildman–Crippen LogP) is 1.15. The number of likely N-dealkylation sites (tertiary alicyclic amines) is 1. The molecule has 2 aliphatic heterocycles. The molecular formula is C14H27N3. The van der Waals surface area contributed by atoms with Crippen LogP contribution in [0.5, 0.6) is 0 Å². The minimum absolute atomic E-state index is 0.707. The van der Waals surface area contributed by atoms with Crippen LogP contribution < -0.4 is 5.32 Å². The lowest BCUT2D eigenvalue weighted by molar-refractivity contribution is 0.126. The fourth-order valence-corrected chi connectivity index (χ4v) is 3.42. The zero-order valence-electron chi connectivity index (χ0n) is 11.4. The van der Waals surface area contributed by atoms with Gasteiger partial charge in [0.05, 0.1) is 0 Å². The van der Waals surface area contributed by atoms with Crippen molar-refractivity contribution in [2.24, 2.45) is 5.92 Å². The van der Waals surface area contributed by atoms with E-state index in [-0.39, 0.29) is 0 Å². The van der Waals surface area contributed by atoms with Crippen molar-refractivity contribution in [3.63, 3.8) is 0 Å². The highest BCUT2D eigenvalue weighted by atomic mass is 15.3. The normalized spacial score (nSPS) is 36.9. The van der Waals surface area contributed by atoms with Gasteiger partial charge < -0.3 is 5.32 Å². The van der Waals surface area contributed by atoms with Crippen molar-refractivity contribution in [2.75, 3.05) is 32.7 Å². The third-order valence-electron chi connectivity index (χ3n) is 4.82. The topological polar surface area (TPSA) is 18.5 Å². The summed E-state index contributed by atoms with van der Waals surface area (Å²) >= 11 is 0. The third-order valence-corrected chi connectivity index (χ3v) is 4.82. The van der Waals surface area contributed by atoms with E-state index in [0.29, 0.717) is 6.04 Å². The summed E-state index contributed by atoms with van der Waals surface area (Å²) in [4.78, 5) is 5.49. The predicted molar refractivity (Wildman–Crippen MR) is 71.2 cm³/mol. The van der Waals surface area contributed by atoms with Crippen LogP contribution in [0.4, 0.5) is 0 Å². The van der Waals surface area contributed by atoms with Gasteiger partial charge in [0.25, 0.3) is 0 Å². The van der Waals surface area contributed by atoms with Gasteiger partial charge in [-0.25, -0.2) is 0 Å². The van der Waals surface area contributed by atoms with Crippen molar-refractivity contribution in [2.45, 2.75) is 51.2 Å². The standard InChI is InChI=1S/C14H27N3/c1-11(2)14-10-17(8-6-15-14)13-5-7-16(9-13)12-3-4-12/h11-15H,3-10H2,1-2H3. The molecule has 0 bridgehead atoms. The summed E-state index contributed by atoms with van der Waals surface area (Å²) < 4.78 is 0. The molecule has 98 valence electrons. The average molecular weight is 237 g/mol. The van der Waals surface area contributed by atoms with Crippen molar-refractivity contribution >= 4 is 0 Å².